The van der Waals surface area contributed by atoms with E-state index in [9.17, 15) is 0 Å². The van der Waals surface area contributed by atoms with Crippen LogP contribution in [0.1, 0.15) is 5.69 Å². The molecule has 0 unspecified atom stereocenters. The van der Waals surface area contributed by atoms with E-state index >= 15 is 0 Å². The Labute approximate surface area is 131 Å². The van der Waals surface area contributed by atoms with E-state index < -0.39 is 0 Å². The fourth-order valence-electron chi connectivity index (χ4n) is 2.57. The van der Waals surface area contributed by atoms with Gasteiger partial charge < -0.3 is 22.2 Å². The minimum atomic E-state index is 0. The highest BCUT2D eigenvalue weighted by atomic mass is 35.5. The van der Waals surface area contributed by atoms with Gasteiger partial charge in [0.05, 0.1) is 0 Å². The molecule has 2 aromatic rings. The average Bonchev–Trinajstić information content (AvgIpc) is 2.47. The zero-order valence-corrected chi connectivity index (χ0v) is 12.8. The van der Waals surface area contributed by atoms with Crippen LogP contribution in [0.5, 0.6) is 0 Å². The van der Waals surface area contributed by atoms with E-state index in [1.165, 1.54) is 5.69 Å². The fraction of sp³-hybridized carbons (Fsp3) is 0.333. The number of benzene rings is 1. The summed E-state index contributed by atoms with van der Waals surface area (Å²) < 4.78 is 0. The molecule has 1 aromatic heterocycles. The molecular weight excluding hydrogens is 286 g/mol. The molecule has 0 amide bonds. The summed E-state index contributed by atoms with van der Waals surface area (Å²) in [6.07, 6.45) is 0. The van der Waals surface area contributed by atoms with Crippen LogP contribution in [0, 0.1) is 6.92 Å². The Morgan fingerprint density at radius 2 is 1.57 bits per heavy atom. The highest BCUT2D eigenvalue weighted by molar-refractivity contribution is 5.49. The van der Waals surface area contributed by atoms with Crippen LogP contribution in [0.15, 0.2) is 36.4 Å². The molecule has 1 aromatic carbocycles. The Morgan fingerprint density at radius 1 is 0.952 bits per heavy atom. The number of nitrogen functional groups attached to an aromatic ring is 1. The molecule has 2 heterocycles. The quantitative estimate of drug-likeness (QED) is 0.683. The van der Waals surface area contributed by atoms with E-state index in [0.29, 0.717) is 5.95 Å². The molecule has 1 fully saturated rings. The molecule has 1 aliphatic heterocycles. The number of aryl methyl sites for hydroxylation is 1. The molecule has 6 heteroatoms. The molecule has 2 N–H and O–H groups in total. The first kappa shape index (κ1) is 15.5. The van der Waals surface area contributed by atoms with Gasteiger partial charge >= 0.3 is 5.95 Å². The predicted octanol–water partition coefficient (Wildman–Crippen LogP) is -2.23. The minimum absolute atomic E-state index is 0. The van der Waals surface area contributed by atoms with Crippen LogP contribution in [0.3, 0.4) is 0 Å². The van der Waals surface area contributed by atoms with Gasteiger partial charge in [-0.15, -0.1) is 5.73 Å². The van der Waals surface area contributed by atoms with Gasteiger partial charge in [0, 0.05) is 43.6 Å². The summed E-state index contributed by atoms with van der Waals surface area (Å²) in [5.74, 6) is 1.29. The lowest BCUT2D eigenvalue weighted by molar-refractivity contribution is -0.267. The van der Waals surface area contributed by atoms with E-state index in [0.717, 1.165) is 37.7 Å². The largest absolute Gasteiger partial charge is 1.00 e. The summed E-state index contributed by atoms with van der Waals surface area (Å²) >= 11 is 0. The molecule has 1 saturated heterocycles. The molecule has 0 bridgehead atoms. The summed E-state index contributed by atoms with van der Waals surface area (Å²) in [6, 6.07) is 12.5. The molecule has 0 aliphatic carbocycles. The highest BCUT2D eigenvalue weighted by Crippen LogP contribution is 2.19. The number of aromatic nitrogens is 2. The molecule has 0 saturated carbocycles. The van der Waals surface area contributed by atoms with Crippen LogP contribution in [0.2, 0.25) is 0 Å². The number of anilines is 3. The van der Waals surface area contributed by atoms with Crippen molar-refractivity contribution in [3.63, 3.8) is 0 Å². The number of rotatable bonds is 2. The molecule has 0 spiro atoms. The Balaban J connectivity index is 0.00000161. The number of nitrogens with zero attached hydrogens (tertiary/aromatic N) is 4. The van der Waals surface area contributed by atoms with E-state index in [1.54, 1.807) is 0 Å². The lowest BCUT2D eigenvalue weighted by atomic mass is 10.2. The predicted molar refractivity (Wildman–Crippen MR) is 79.2 cm³/mol. The van der Waals surface area contributed by atoms with Crippen molar-refractivity contribution in [3.05, 3.63) is 42.1 Å². The average molecular weight is 305 g/mol. The molecule has 5 nitrogen and oxygen atoms in total. The number of nitrogens with two attached hydrogens (primary N) is 1. The number of para-hydroxylation sites is 1. The van der Waals surface area contributed by atoms with E-state index in [2.05, 4.69) is 44.0 Å². The second-order valence-electron chi connectivity index (χ2n) is 5.04. The summed E-state index contributed by atoms with van der Waals surface area (Å²) in [5.41, 5.74) is 7.92. The van der Waals surface area contributed by atoms with Crippen LogP contribution < -0.4 is 27.9 Å². The molecule has 1 radical (unpaired) electrons. The van der Waals surface area contributed by atoms with Crippen molar-refractivity contribution in [2.75, 3.05) is 36.0 Å². The van der Waals surface area contributed by atoms with Crippen LogP contribution in [0.4, 0.5) is 17.5 Å². The molecule has 1 aliphatic rings. The lowest BCUT2D eigenvalue weighted by Crippen LogP contribution is -3.00. The van der Waals surface area contributed by atoms with E-state index in [1.807, 2.05) is 19.1 Å². The van der Waals surface area contributed by atoms with Gasteiger partial charge in [-0.25, -0.2) is 0 Å². The van der Waals surface area contributed by atoms with Crippen molar-refractivity contribution in [1.82, 2.24) is 9.97 Å². The minimum Gasteiger partial charge on any atom is -1.00 e. The Bertz CT molecular complexity index is 562. The van der Waals surface area contributed by atoms with Crippen LogP contribution in [0.25, 0.3) is 0 Å². The fourth-order valence-corrected chi connectivity index (χ4v) is 2.57. The Morgan fingerprint density at radius 3 is 2.19 bits per heavy atom. The highest BCUT2D eigenvalue weighted by Gasteiger charge is 2.19. The van der Waals surface area contributed by atoms with Gasteiger partial charge in [0.1, 0.15) is 5.82 Å². The third-order valence-corrected chi connectivity index (χ3v) is 3.58. The van der Waals surface area contributed by atoms with Gasteiger partial charge in [-0.3, -0.25) is 0 Å². The lowest BCUT2D eigenvalue weighted by Gasteiger charge is -2.36. The summed E-state index contributed by atoms with van der Waals surface area (Å²) in [7, 11) is 0. The molecule has 3 rings (SSSR count). The van der Waals surface area contributed by atoms with Gasteiger partial charge in [0.2, 0.25) is 0 Å². The second kappa shape index (κ2) is 6.74. The van der Waals surface area contributed by atoms with Crippen molar-refractivity contribution in [1.29, 1.82) is 0 Å². The maximum atomic E-state index is 5.73. The number of hydrogen-bond acceptors (Lipinski definition) is 5. The maximum Gasteiger partial charge on any atom is 0.376 e. The maximum absolute atomic E-state index is 5.73. The normalized spacial score (nSPS) is 14.8. The van der Waals surface area contributed by atoms with Crippen molar-refractivity contribution >= 4 is 17.5 Å². The third kappa shape index (κ3) is 3.62. The van der Waals surface area contributed by atoms with Crippen LogP contribution >= 0.6 is 0 Å². The summed E-state index contributed by atoms with van der Waals surface area (Å²) in [5, 5.41) is 0. The van der Waals surface area contributed by atoms with Crippen molar-refractivity contribution in [2.45, 2.75) is 6.92 Å². The van der Waals surface area contributed by atoms with Gasteiger partial charge in [-0.1, -0.05) is 18.2 Å². The van der Waals surface area contributed by atoms with Crippen molar-refractivity contribution in [2.24, 2.45) is 0 Å². The number of hydrogen-bond donors (Lipinski definition) is 1. The molecule has 0 atom stereocenters. The summed E-state index contributed by atoms with van der Waals surface area (Å²) in [4.78, 5) is 13.1. The Hall–Kier alpha value is -1.85. The van der Waals surface area contributed by atoms with Gasteiger partial charge in [0.15, 0.2) is 0 Å². The van der Waals surface area contributed by atoms with Crippen LogP contribution in [-0.4, -0.2) is 36.1 Å². The summed E-state index contributed by atoms with van der Waals surface area (Å²) in [6.45, 7) is 5.83. The number of halogens is 1. The van der Waals surface area contributed by atoms with E-state index in [4.69, 9.17) is 5.73 Å². The van der Waals surface area contributed by atoms with E-state index in [-0.39, 0.29) is 12.4 Å². The van der Waals surface area contributed by atoms with Gasteiger partial charge in [0.25, 0.3) is 0 Å². The smallest absolute Gasteiger partial charge is 0.376 e. The third-order valence-electron chi connectivity index (χ3n) is 3.58. The standard InChI is InChI=1S/C15H19N5.ClH/c1-12-11-14(18-15(16)17-12)20-9-7-19(8-10-20)13-5-3-2-4-6-13;/h2-6,11H,7-10,16H2,1H3;1H/q+1;/p-1. The first-order valence-corrected chi connectivity index (χ1v) is 6.88. The SMILES string of the molecule is Cc1cc(N2CCN(c3ccccc3)CC2)nc([NH2+])n1.[Cl-]. The topological polar surface area (TPSA) is 57.6 Å². The zero-order chi connectivity index (χ0) is 13.9. The molecular formula is C15H19ClN5. The van der Waals surface area contributed by atoms with Crippen LogP contribution in [-0.2, 0) is 0 Å². The molecule has 21 heavy (non-hydrogen) atoms. The van der Waals surface area contributed by atoms with Gasteiger partial charge in [-0.05, 0) is 19.1 Å². The number of piperazine rings is 1. The Kier molecular flexibility index (Phi) is 4.98. The zero-order valence-electron chi connectivity index (χ0n) is 12.0. The molecule has 111 valence electrons. The first-order valence-electron chi connectivity index (χ1n) is 6.88. The monoisotopic (exact) mass is 304 g/mol. The van der Waals surface area contributed by atoms with Crippen molar-refractivity contribution in [3.8, 4) is 0 Å². The first-order chi connectivity index (χ1) is 9.72. The van der Waals surface area contributed by atoms with Crippen molar-refractivity contribution < 1.29 is 18.1 Å². The van der Waals surface area contributed by atoms with Gasteiger partial charge in [-0.2, -0.15) is 9.97 Å². The second-order valence-corrected chi connectivity index (χ2v) is 5.04.